The van der Waals surface area contributed by atoms with E-state index in [1.54, 1.807) is 12.7 Å². The van der Waals surface area contributed by atoms with Crippen LogP contribution in [-0.4, -0.2) is 48.5 Å². The Morgan fingerprint density at radius 1 is 1.05 bits per heavy atom. The highest BCUT2D eigenvalue weighted by atomic mass is 31.2. The number of rotatable bonds is 15. The minimum absolute atomic E-state index is 0.225. The van der Waals surface area contributed by atoms with Gasteiger partial charge in [0.05, 0.1) is 19.9 Å². The van der Waals surface area contributed by atoms with Gasteiger partial charge in [0.15, 0.2) is 0 Å². The lowest BCUT2D eigenvalue weighted by Gasteiger charge is -2.31. The molecule has 2 atom stereocenters. The van der Waals surface area contributed by atoms with Crippen molar-refractivity contribution in [3.05, 3.63) is 77.2 Å². The molecule has 2 aromatic carbocycles. The Hall–Kier alpha value is -2.73. The van der Waals surface area contributed by atoms with Gasteiger partial charge in [-0.1, -0.05) is 30.3 Å². The summed E-state index contributed by atoms with van der Waals surface area (Å²) in [6.45, 7) is 13.8. The highest BCUT2D eigenvalue weighted by Crippen LogP contribution is 2.53. The molecule has 0 N–H and O–H groups in total. The lowest BCUT2D eigenvalue weighted by Crippen LogP contribution is -2.36. The number of halogens is 1. The van der Waals surface area contributed by atoms with Crippen molar-refractivity contribution >= 4 is 7.37 Å². The predicted octanol–water partition coefficient (Wildman–Crippen LogP) is 8.53. The largest absolute Gasteiger partial charge is 0.489 e. The lowest BCUT2D eigenvalue weighted by atomic mass is 9.94. The first-order valence-electron chi connectivity index (χ1n) is 15.0. The minimum Gasteiger partial charge on any atom is -0.489 e. The SMILES string of the molecule is CCOP(C)(=O)CC(c1cccc(COc2ccc(-c3cc(OC)ncc3F)c(CN(C(C)C)C(C)C)c2)c1)C1CC1. The second-order valence-electron chi connectivity index (χ2n) is 12.0. The van der Waals surface area contributed by atoms with Crippen LogP contribution < -0.4 is 9.47 Å². The standard InChI is InChI=1S/C34H46FN2O4P/c1-8-41-42(7,38)22-32(26-12-13-26)27-11-9-10-25(16-27)21-40-29-14-15-30(31-18-34(39-6)36-19-33(31)35)28(17-29)20-37(23(2)3)24(4)5/h9-11,14-19,23-24,26,32H,8,12-13,20-22H2,1-7H3. The van der Waals surface area contributed by atoms with E-state index in [4.69, 9.17) is 14.0 Å². The van der Waals surface area contributed by atoms with Gasteiger partial charge in [-0.25, -0.2) is 9.37 Å². The van der Waals surface area contributed by atoms with Gasteiger partial charge in [0.2, 0.25) is 13.2 Å². The third-order valence-corrected chi connectivity index (χ3v) is 9.85. The molecule has 2 unspecified atom stereocenters. The van der Waals surface area contributed by atoms with Crippen LogP contribution in [0.2, 0.25) is 0 Å². The normalized spacial score (nSPS) is 15.7. The smallest absolute Gasteiger partial charge is 0.213 e. The number of nitrogens with zero attached hydrogens (tertiary/aromatic N) is 2. The van der Waals surface area contributed by atoms with E-state index >= 15 is 4.39 Å². The molecule has 1 aromatic heterocycles. The van der Waals surface area contributed by atoms with Crippen molar-refractivity contribution in [2.75, 3.05) is 26.5 Å². The summed E-state index contributed by atoms with van der Waals surface area (Å²) < 4.78 is 45.3. The van der Waals surface area contributed by atoms with Gasteiger partial charge in [-0.3, -0.25) is 9.46 Å². The Morgan fingerprint density at radius 2 is 1.79 bits per heavy atom. The number of methoxy groups -OCH3 is 1. The molecule has 8 heteroatoms. The Morgan fingerprint density at radius 3 is 2.43 bits per heavy atom. The van der Waals surface area contributed by atoms with Crippen LogP contribution in [0.1, 0.15) is 70.1 Å². The van der Waals surface area contributed by atoms with Crippen molar-refractivity contribution in [1.29, 1.82) is 0 Å². The Balaban J connectivity index is 1.59. The molecule has 0 radical (unpaired) electrons. The molecule has 42 heavy (non-hydrogen) atoms. The van der Waals surface area contributed by atoms with Crippen LogP contribution >= 0.6 is 7.37 Å². The van der Waals surface area contributed by atoms with Crippen molar-refractivity contribution in [1.82, 2.24) is 9.88 Å². The molecular formula is C34H46FN2O4P. The van der Waals surface area contributed by atoms with E-state index in [-0.39, 0.29) is 5.92 Å². The molecule has 1 aliphatic rings. The Kier molecular flexibility index (Phi) is 10.9. The van der Waals surface area contributed by atoms with Crippen molar-refractivity contribution < 1.29 is 23.0 Å². The Bertz CT molecular complexity index is 1380. The van der Waals surface area contributed by atoms with E-state index in [1.165, 1.54) is 31.7 Å². The van der Waals surface area contributed by atoms with E-state index in [0.29, 0.717) is 55.4 Å². The summed E-state index contributed by atoms with van der Waals surface area (Å²) in [5.74, 6) is 1.48. The maximum absolute atomic E-state index is 15.0. The maximum Gasteiger partial charge on any atom is 0.213 e. The van der Waals surface area contributed by atoms with E-state index in [1.807, 2.05) is 25.1 Å². The van der Waals surface area contributed by atoms with E-state index in [0.717, 1.165) is 22.4 Å². The zero-order valence-corrected chi connectivity index (χ0v) is 27.0. The number of ether oxygens (including phenoxy) is 2. The molecule has 3 aromatic rings. The summed E-state index contributed by atoms with van der Waals surface area (Å²) >= 11 is 0. The van der Waals surface area contributed by atoms with Crippen molar-refractivity contribution in [2.24, 2.45) is 5.92 Å². The monoisotopic (exact) mass is 596 g/mol. The summed E-state index contributed by atoms with van der Waals surface area (Å²) in [4.78, 5) is 6.39. The zero-order chi connectivity index (χ0) is 30.4. The van der Waals surface area contributed by atoms with E-state index < -0.39 is 13.2 Å². The minimum atomic E-state index is -2.65. The second kappa shape index (κ2) is 14.2. The predicted molar refractivity (Wildman–Crippen MR) is 168 cm³/mol. The van der Waals surface area contributed by atoms with Crippen LogP contribution in [0.25, 0.3) is 11.1 Å². The fourth-order valence-corrected chi connectivity index (χ4v) is 7.61. The van der Waals surface area contributed by atoms with Gasteiger partial charge in [-0.05, 0) is 93.7 Å². The molecule has 4 rings (SSSR count). The fraction of sp³-hybridized carbons (Fsp3) is 0.500. The maximum atomic E-state index is 15.0. The first-order valence-corrected chi connectivity index (χ1v) is 17.3. The van der Waals surface area contributed by atoms with Crippen molar-refractivity contribution in [3.63, 3.8) is 0 Å². The average molecular weight is 597 g/mol. The third kappa shape index (κ3) is 8.43. The Labute approximate surface area is 251 Å². The van der Waals surface area contributed by atoms with E-state index in [9.17, 15) is 4.57 Å². The van der Waals surface area contributed by atoms with E-state index in [2.05, 4.69) is 61.8 Å². The van der Waals surface area contributed by atoms with Crippen LogP contribution in [0.5, 0.6) is 11.6 Å². The molecule has 0 bridgehead atoms. The van der Waals surface area contributed by atoms with Gasteiger partial charge < -0.3 is 14.0 Å². The van der Waals surface area contributed by atoms with Gasteiger partial charge in [0.25, 0.3) is 0 Å². The van der Waals surface area contributed by atoms with Gasteiger partial charge in [0, 0.05) is 43.1 Å². The topological polar surface area (TPSA) is 60.9 Å². The molecule has 1 fully saturated rings. The quantitative estimate of drug-likeness (QED) is 0.164. The van der Waals surface area contributed by atoms with Crippen LogP contribution in [0.4, 0.5) is 4.39 Å². The van der Waals surface area contributed by atoms with Gasteiger partial charge in [0.1, 0.15) is 18.2 Å². The fourth-order valence-electron chi connectivity index (χ4n) is 5.74. The van der Waals surface area contributed by atoms with Crippen LogP contribution in [0.15, 0.2) is 54.7 Å². The summed E-state index contributed by atoms with van der Waals surface area (Å²) in [5, 5.41) is 0. The number of hydrogen-bond donors (Lipinski definition) is 0. The highest BCUT2D eigenvalue weighted by Gasteiger charge is 2.36. The molecule has 0 spiro atoms. The number of benzene rings is 2. The number of hydrogen-bond acceptors (Lipinski definition) is 6. The summed E-state index contributed by atoms with van der Waals surface area (Å²) in [6.07, 6.45) is 4.11. The average Bonchev–Trinajstić information content (AvgIpc) is 3.79. The van der Waals surface area contributed by atoms with Crippen LogP contribution in [0, 0.1) is 11.7 Å². The van der Waals surface area contributed by atoms with Crippen molar-refractivity contribution in [2.45, 2.75) is 78.6 Å². The van der Waals surface area contributed by atoms with Gasteiger partial charge in [-0.15, -0.1) is 0 Å². The molecule has 0 saturated heterocycles. The van der Waals surface area contributed by atoms with Crippen LogP contribution in [0.3, 0.4) is 0 Å². The molecule has 6 nitrogen and oxygen atoms in total. The number of pyridine rings is 1. The molecule has 1 aliphatic carbocycles. The van der Waals surface area contributed by atoms with Crippen LogP contribution in [-0.2, 0) is 22.2 Å². The third-order valence-electron chi connectivity index (χ3n) is 7.99. The van der Waals surface area contributed by atoms with Crippen molar-refractivity contribution in [3.8, 4) is 22.8 Å². The molecule has 0 amide bonds. The lowest BCUT2D eigenvalue weighted by molar-refractivity contribution is 0.166. The second-order valence-corrected chi connectivity index (χ2v) is 14.6. The molecule has 0 aliphatic heterocycles. The first kappa shape index (κ1) is 32.2. The first-order chi connectivity index (χ1) is 20.0. The summed E-state index contributed by atoms with van der Waals surface area (Å²) in [5.41, 5.74) is 4.47. The summed E-state index contributed by atoms with van der Waals surface area (Å²) in [7, 11) is -1.12. The molecule has 228 valence electrons. The van der Waals surface area contributed by atoms with Gasteiger partial charge in [-0.2, -0.15) is 0 Å². The van der Waals surface area contributed by atoms with Gasteiger partial charge >= 0.3 is 0 Å². The molecule has 1 heterocycles. The zero-order valence-electron chi connectivity index (χ0n) is 26.1. The highest BCUT2D eigenvalue weighted by molar-refractivity contribution is 7.58. The summed E-state index contributed by atoms with van der Waals surface area (Å²) in [6, 6.07) is 16.5. The molecular weight excluding hydrogens is 550 g/mol. The molecule has 1 saturated carbocycles. The number of aromatic nitrogens is 1.